The molecule has 8 heteroatoms. The van der Waals surface area contributed by atoms with Crippen LogP contribution in [0.4, 0.5) is 5.69 Å². The molecule has 164 valence electrons. The summed E-state index contributed by atoms with van der Waals surface area (Å²) in [6, 6.07) is 13.0. The van der Waals surface area contributed by atoms with Crippen LogP contribution in [0.1, 0.15) is 38.3 Å². The summed E-state index contributed by atoms with van der Waals surface area (Å²) in [5, 5.41) is 3.00. The molecule has 0 unspecified atom stereocenters. The number of methoxy groups -OCH3 is 2. The van der Waals surface area contributed by atoms with Gasteiger partial charge in [-0.25, -0.2) is 8.42 Å². The van der Waals surface area contributed by atoms with E-state index in [1.54, 1.807) is 57.5 Å². The molecule has 0 aliphatic carbocycles. The molecule has 2 aromatic carbocycles. The smallest absolute Gasteiger partial charge is 0.244 e. The van der Waals surface area contributed by atoms with Crippen molar-refractivity contribution in [3.8, 4) is 11.5 Å². The van der Waals surface area contributed by atoms with Gasteiger partial charge in [0.15, 0.2) is 11.5 Å². The van der Waals surface area contributed by atoms with Gasteiger partial charge in [0.25, 0.3) is 0 Å². The average Bonchev–Trinajstić information content (AvgIpc) is 2.74. The lowest BCUT2D eigenvalue weighted by Gasteiger charge is -2.31. The van der Waals surface area contributed by atoms with Gasteiger partial charge in [-0.2, -0.15) is 0 Å². The van der Waals surface area contributed by atoms with E-state index in [1.807, 2.05) is 19.1 Å². The second kappa shape index (κ2) is 10.3. The van der Waals surface area contributed by atoms with E-state index in [0.29, 0.717) is 30.0 Å². The Kier molecular flexibility index (Phi) is 8.11. The fourth-order valence-corrected chi connectivity index (χ4v) is 4.61. The first-order valence-corrected chi connectivity index (χ1v) is 11.7. The number of nitrogens with one attached hydrogen (secondary N) is 1. The zero-order valence-corrected chi connectivity index (χ0v) is 18.9. The van der Waals surface area contributed by atoms with Gasteiger partial charge in [0, 0.05) is 0 Å². The van der Waals surface area contributed by atoms with Gasteiger partial charge < -0.3 is 14.8 Å². The van der Waals surface area contributed by atoms with Gasteiger partial charge in [-0.3, -0.25) is 9.10 Å². The van der Waals surface area contributed by atoms with E-state index in [1.165, 1.54) is 4.31 Å². The zero-order valence-electron chi connectivity index (χ0n) is 18.1. The summed E-state index contributed by atoms with van der Waals surface area (Å²) in [4.78, 5) is 13.2. The highest BCUT2D eigenvalue weighted by Crippen LogP contribution is 2.31. The van der Waals surface area contributed by atoms with E-state index >= 15 is 0 Å². The second-order valence-corrected chi connectivity index (χ2v) is 8.76. The molecule has 0 radical (unpaired) electrons. The number of rotatable bonds is 10. The molecule has 0 heterocycles. The minimum atomic E-state index is -3.67. The summed E-state index contributed by atoms with van der Waals surface area (Å²) in [6.45, 7) is 3.75. The Hall–Kier alpha value is -2.74. The van der Waals surface area contributed by atoms with E-state index in [4.69, 9.17) is 9.47 Å². The van der Waals surface area contributed by atoms with Crippen molar-refractivity contribution < 1.29 is 22.7 Å². The number of ether oxygens (including phenoxy) is 2. The van der Waals surface area contributed by atoms with Crippen molar-refractivity contribution in [1.29, 1.82) is 0 Å². The Balaban J connectivity index is 2.34. The zero-order chi connectivity index (χ0) is 22.3. The number of anilines is 1. The lowest BCUT2D eigenvalue weighted by atomic mass is 10.0. The number of carbonyl (C=O) groups excluding carboxylic acids is 1. The summed E-state index contributed by atoms with van der Waals surface area (Å²) in [7, 11) is -0.550. The summed E-state index contributed by atoms with van der Waals surface area (Å²) in [5.41, 5.74) is 1.31. The SMILES string of the molecule is CC[C@H](C(=O)N[C@H](CC)c1ccc(OC)c(OC)c1)N(c1ccccc1)S(C)(=O)=O. The number of carbonyl (C=O) groups is 1. The Bertz CT molecular complexity index is 947. The molecule has 2 aromatic rings. The van der Waals surface area contributed by atoms with Gasteiger partial charge in [-0.05, 0) is 42.7 Å². The van der Waals surface area contributed by atoms with Crippen molar-refractivity contribution in [3.63, 3.8) is 0 Å². The van der Waals surface area contributed by atoms with Crippen molar-refractivity contribution in [2.75, 3.05) is 24.8 Å². The van der Waals surface area contributed by atoms with Crippen molar-refractivity contribution in [2.45, 2.75) is 38.8 Å². The minimum absolute atomic E-state index is 0.302. The average molecular weight is 435 g/mol. The molecular weight excluding hydrogens is 404 g/mol. The van der Waals surface area contributed by atoms with Gasteiger partial charge in [0.1, 0.15) is 6.04 Å². The number of hydrogen-bond donors (Lipinski definition) is 1. The number of amides is 1. The third-order valence-corrected chi connectivity index (χ3v) is 6.05. The number of para-hydroxylation sites is 1. The summed E-state index contributed by atoms with van der Waals surface area (Å²) in [6.07, 6.45) is 2.07. The van der Waals surface area contributed by atoms with Gasteiger partial charge in [-0.1, -0.05) is 38.1 Å². The maximum Gasteiger partial charge on any atom is 0.244 e. The molecule has 0 saturated heterocycles. The van der Waals surface area contributed by atoms with Crippen LogP contribution in [-0.2, 0) is 14.8 Å². The van der Waals surface area contributed by atoms with E-state index in [9.17, 15) is 13.2 Å². The quantitative estimate of drug-likeness (QED) is 0.618. The maximum absolute atomic E-state index is 13.2. The lowest BCUT2D eigenvalue weighted by molar-refractivity contribution is -0.123. The minimum Gasteiger partial charge on any atom is -0.493 e. The second-order valence-electron chi connectivity index (χ2n) is 6.90. The predicted octanol–water partition coefficient (Wildman–Crippen LogP) is 3.52. The standard InChI is InChI=1S/C22H30N2O5S/c1-6-18(16-13-14-20(28-3)21(15-16)29-4)23-22(25)19(7-2)24(30(5,26)27)17-11-9-8-10-12-17/h8-15,18-19H,6-7H2,1-5H3,(H,23,25)/t18-,19-/m1/s1. The highest BCUT2D eigenvalue weighted by Gasteiger charge is 2.32. The molecule has 1 N–H and O–H groups in total. The Morgan fingerprint density at radius 1 is 1.00 bits per heavy atom. The fourth-order valence-electron chi connectivity index (χ4n) is 3.39. The summed E-state index contributed by atoms with van der Waals surface area (Å²) < 4.78 is 36.9. The van der Waals surface area contributed by atoms with Gasteiger partial charge >= 0.3 is 0 Å². The molecule has 2 atom stereocenters. The van der Waals surface area contributed by atoms with Crippen LogP contribution in [0.3, 0.4) is 0 Å². The maximum atomic E-state index is 13.2. The Morgan fingerprint density at radius 3 is 2.13 bits per heavy atom. The molecule has 30 heavy (non-hydrogen) atoms. The first-order chi connectivity index (χ1) is 14.3. The highest BCUT2D eigenvalue weighted by atomic mass is 32.2. The largest absolute Gasteiger partial charge is 0.493 e. The van der Waals surface area contributed by atoms with E-state index in [2.05, 4.69) is 5.32 Å². The third-order valence-electron chi connectivity index (χ3n) is 4.88. The first kappa shape index (κ1) is 23.5. The van der Waals surface area contributed by atoms with E-state index in [-0.39, 0.29) is 11.9 Å². The van der Waals surface area contributed by atoms with Crippen LogP contribution < -0.4 is 19.1 Å². The van der Waals surface area contributed by atoms with E-state index in [0.717, 1.165) is 11.8 Å². The molecular formula is C22H30N2O5S. The number of nitrogens with zero attached hydrogens (tertiary/aromatic N) is 1. The van der Waals surface area contributed by atoms with Crippen LogP contribution in [-0.4, -0.2) is 40.8 Å². The number of benzene rings is 2. The van der Waals surface area contributed by atoms with Crippen LogP contribution in [0.2, 0.25) is 0 Å². The molecule has 1 amide bonds. The molecule has 0 aromatic heterocycles. The molecule has 0 spiro atoms. The molecule has 0 fully saturated rings. The molecule has 0 aliphatic heterocycles. The normalized spacial score (nSPS) is 13.2. The Labute approximate surface area is 179 Å². The fraction of sp³-hybridized carbons (Fsp3) is 0.409. The van der Waals surface area contributed by atoms with Crippen molar-refractivity contribution in [3.05, 3.63) is 54.1 Å². The molecule has 0 aliphatic rings. The summed E-state index contributed by atoms with van der Waals surface area (Å²) in [5.74, 6) is 0.811. The van der Waals surface area contributed by atoms with Crippen LogP contribution in [0.25, 0.3) is 0 Å². The molecule has 7 nitrogen and oxygen atoms in total. The summed E-state index contributed by atoms with van der Waals surface area (Å²) >= 11 is 0. The first-order valence-electron chi connectivity index (χ1n) is 9.83. The molecule has 0 saturated carbocycles. The van der Waals surface area contributed by atoms with Crippen molar-refractivity contribution in [2.24, 2.45) is 0 Å². The lowest BCUT2D eigenvalue weighted by Crippen LogP contribution is -2.50. The van der Waals surface area contributed by atoms with Gasteiger partial charge in [0.2, 0.25) is 15.9 Å². The van der Waals surface area contributed by atoms with Gasteiger partial charge in [-0.15, -0.1) is 0 Å². The van der Waals surface area contributed by atoms with Crippen LogP contribution >= 0.6 is 0 Å². The molecule has 0 bridgehead atoms. The third kappa shape index (κ3) is 5.44. The van der Waals surface area contributed by atoms with E-state index < -0.39 is 16.1 Å². The topological polar surface area (TPSA) is 84.9 Å². The Morgan fingerprint density at radius 2 is 1.63 bits per heavy atom. The highest BCUT2D eigenvalue weighted by molar-refractivity contribution is 7.92. The predicted molar refractivity (Wildman–Crippen MR) is 119 cm³/mol. The monoisotopic (exact) mass is 434 g/mol. The van der Waals surface area contributed by atoms with Crippen LogP contribution in [0.5, 0.6) is 11.5 Å². The van der Waals surface area contributed by atoms with Crippen LogP contribution in [0, 0.1) is 0 Å². The number of sulfonamides is 1. The number of hydrogen-bond acceptors (Lipinski definition) is 5. The van der Waals surface area contributed by atoms with Crippen molar-refractivity contribution >= 4 is 21.6 Å². The van der Waals surface area contributed by atoms with Crippen LogP contribution in [0.15, 0.2) is 48.5 Å². The van der Waals surface area contributed by atoms with Crippen molar-refractivity contribution in [1.82, 2.24) is 5.32 Å². The van der Waals surface area contributed by atoms with Gasteiger partial charge in [0.05, 0.1) is 32.2 Å². The molecule has 2 rings (SSSR count).